The standard InChI is InChI=1S/C20H18O5/c1-12(2)19(21)24-16-9-6-14-10-17(20(22)25-18(14)11-16)13-4-7-15(23-3)8-5-13/h4-12H,1-3H3. The highest BCUT2D eigenvalue weighted by Gasteiger charge is 2.12. The van der Waals surface area contributed by atoms with Crippen LogP contribution in [-0.2, 0) is 4.79 Å². The summed E-state index contributed by atoms with van der Waals surface area (Å²) < 4.78 is 15.8. The lowest BCUT2D eigenvalue weighted by atomic mass is 10.1. The molecule has 3 rings (SSSR count). The average Bonchev–Trinajstić information content (AvgIpc) is 2.61. The second-order valence-corrected chi connectivity index (χ2v) is 5.95. The Labute approximate surface area is 144 Å². The van der Waals surface area contributed by atoms with E-state index in [0.717, 1.165) is 10.9 Å². The predicted octanol–water partition coefficient (Wildman–Crippen LogP) is 4.03. The Morgan fingerprint density at radius 1 is 1.00 bits per heavy atom. The number of methoxy groups -OCH3 is 1. The zero-order valence-corrected chi connectivity index (χ0v) is 14.2. The van der Waals surface area contributed by atoms with Crippen LogP contribution in [0.1, 0.15) is 13.8 Å². The Morgan fingerprint density at radius 2 is 1.68 bits per heavy atom. The van der Waals surface area contributed by atoms with E-state index >= 15 is 0 Å². The maximum atomic E-state index is 12.3. The molecule has 25 heavy (non-hydrogen) atoms. The molecule has 0 bridgehead atoms. The van der Waals surface area contributed by atoms with Crippen molar-refractivity contribution in [3.8, 4) is 22.6 Å². The van der Waals surface area contributed by atoms with Crippen LogP contribution in [0.15, 0.2) is 57.7 Å². The van der Waals surface area contributed by atoms with Gasteiger partial charge < -0.3 is 13.9 Å². The molecule has 0 atom stereocenters. The van der Waals surface area contributed by atoms with Crippen LogP contribution in [0.3, 0.4) is 0 Å². The Balaban J connectivity index is 1.99. The van der Waals surface area contributed by atoms with Gasteiger partial charge in [0.1, 0.15) is 17.1 Å². The van der Waals surface area contributed by atoms with E-state index in [9.17, 15) is 9.59 Å². The van der Waals surface area contributed by atoms with E-state index in [1.54, 1.807) is 69.5 Å². The molecule has 0 N–H and O–H groups in total. The zero-order valence-electron chi connectivity index (χ0n) is 14.2. The normalized spacial score (nSPS) is 10.9. The number of ether oxygens (including phenoxy) is 2. The van der Waals surface area contributed by atoms with Crippen molar-refractivity contribution in [2.75, 3.05) is 7.11 Å². The topological polar surface area (TPSA) is 65.7 Å². The van der Waals surface area contributed by atoms with Crippen molar-refractivity contribution in [2.45, 2.75) is 13.8 Å². The fourth-order valence-corrected chi connectivity index (χ4v) is 2.36. The second kappa shape index (κ2) is 6.81. The summed E-state index contributed by atoms with van der Waals surface area (Å²) in [4.78, 5) is 24.0. The molecule has 0 aliphatic rings. The molecule has 0 saturated heterocycles. The number of rotatable bonds is 4. The summed E-state index contributed by atoms with van der Waals surface area (Å²) >= 11 is 0. The van der Waals surface area contributed by atoms with Gasteiger partial charge in [-0.1, -0.05) is 26.0 Å². The third-order valence-electron chi connectivity index (χ3n) is 3.80. The monoisotopic (exact) mass is 338 g/mol. The molecule has 0 amide bonds. The van der Waals surface area contributed by atoms with Crippen LogP contribution in [0.5, 0.6) is 11.5 Å². The maximum absolute atomic E-state index is 12.3. The highest BCUT2D eigenvalue weighted by molar-refractivity contribution is 5.84. The Hall–Kier alpha value is -3.08. The van der Waals surface area contributed by atoms with Crippen LogP contribution in [0.4, 0.5) is 0 Å². The number of benzene rings is 2. The number of carbonyl (C=O) groups is 1. The van der Waals surface area contributed by atoms with Crippen molar-refractivity contribution in [1.29, 1.82) is 0 Å². The molecular formula is C20H18O5. The van der Waals surface area contributed by atoms with Gasteiger partial charge >= 0.3 is 11.6 Å². The average molecular weight is 338 g/mol. The summed E-state index contributed by atoms with van der Waals surface area (Å²) in [6, 6.07) is 13.9. The maximum Gasteiger partial charge on any atom is 0.344 e. The van der Waals surface area contributed by atoms with Gasteiger partial charge in [0.25, 0.3) is 0 Å². The van der Waals surface area contributed by atoms with Gasteiger partial charge in [0.2, 0.25) is 0 Å². The molecule has 0 radical (unpaired) electrons. The van der Waals surface area contributed by atoms with Crippen molar-refractivity contribution in [3.05, 3.63) is 59.0 Å². The predicted molar refractivity (Wildman–Crippen MR) is 94.9 cm³/mol. The van der Waals surface area contributed by atoms with Crippen LogP contribution >= 0.6 is 0 Å². The third-order valence-corrected chi connectivity index (χ3v) is 3.80. The van der Waals surface area contributed by atoms with E-state index in [4.69, 9.17) is 13.9 Å². The van der Waals surface area contributed by atoms with Crippen molar-refractivity contribution in [1.82, 2.24) is 0 Å². The highest BCUT2D eigenvalue weighted by Crippen LogP contribution is 2.26. The smallest absolute Gasteiger partial charge is 0.344 e. The van der Waals surface area contributed by atoms with Gasteiger partial charge in [0.15, 0.2) is 0 Å². The van der Waals surface area contributed by atoms with E-state index in [1.165, 1.54) is 0 Å². The Bertz CT molecular complexity index is 968. The molecule has 0 saturated carbocycles. The first kappa shape index (κ1) is 16.8. The molecule has 3 aromatic rings. The fourth-order valence-electron chi connectivity index (χ4n) is 2.36. The Morgan fingerprint density at radius 3 is 2.32 bits per heavy atom. The SMILES string of the molecule is COc1ccc(-c2cc3ccc(OC(=O)C(C)C)cc3oc2=O)cc1. The van der Waals surface area contributed by atoms with E-state index in [1.807, 2.05) is 0 Å². The first-order valence-electron chi connectivity index (χ1n) is 7.92. The lowest BCUT2D eigenvalue weighted by Crippen LogP contribution is -2.14. The van der Waals surface area contributed by atoms with Crippen LogP contribution in [-0.4, -0.2) is 13.1 Å². The van der Waals surface area contributed by atoms with Gasteiger partial charge in [-0.2, -0.15) is 0 Å². The molecule has 1 heterocycles. The number of hydrogen-bond acceptors (Lipinski definition) is 5. The first-order valence-corrected chi connectivity index (χ1v) is 7.92. The molecule has 0 aliphatic heterocycles. The quantitative estimate of drug-likeness (QED) is 0.408. The van der Waals surface area contributed by atoms with Crippen LogP contribution < -0.4 is 15.1 Å². The van der Waals surface area contributed by atoms with Gasteiger partial charge in [-0.15, -0.1) is 0 Å². The van der Waals surface area contributed by atoms with Crippen LogP contribution in [0.2, 0.25) is 0 Å². The summed E-state index contributed by atoms with van der Waals surface area (Å²) in [6.45, 7) is 3.51. The molecule has 0 fully saturated rings. The lowest BCUT2D eigenvalue weighted by molar-refractivity contribution is -0.137. The molecule has 2 aromatic carbocycles. The summed E-state index contributed by atoms with van der Waals surface area (Å²) in [6.07, 6.45) is 0. The molecule has 5 nitrogen and oxygen atoms in total. The molecule has 5 heteroatoms. The minimum atomic E-state index is -0.454. The van der Waals surface area contributed by atoms with E-state index in [2.05, 4.69) is 0 Å². The molecular weight excluding hydrogens is 320 g/mol. The van der Waals surface area contributed by atoms with Gasteiger partial charge in [-0.05, 0) is 35.9 Å². The molecule has 0 spiro atoms. The molecule has 0 aliphatic carbocycles. The first-order chi connectivity index (χ1) is 12.0. The van der Waals surface area contributed by atoms with Crippen LogP contribution in [0, 0.1) is 5.92 Å². The lowest BCUT2D eigenvalue weighted by Gasteiger charge is -2.08. The van der Waals surface area contributed by atoms with Gasteiger partial charge in [-0.3, -0.25) is 4.79 Å². The summed E-state index contributed by atoms with van der Waals surface area (Å²) in [7, 11) is 1.59. The summed E-state index contributed by atoms with van der Waals surface area (Å²) in [5.74, 6) is 0.494. The number of hydrogen-bond donors (Lipinski definition) is 0. The van der Waals surface area contributed by atoms with Gasteiger partial charge in [-0.25, -0.2) is 4.79 Å². The minimum Gasteiger partial charge on any atom is -0.497 e. The largest absolute Gasteiger partial charge is 0.497 e. The molecule has 1 aromatic heterocycles. The number of fused-ring (bicyclic) bond motifs is 1. The Kier molecular flexibility index (Phi) is 4.57. The summed E-state index contributed by atoms with van der Waals surface area (Å²) in [5, 5.41) is 0.745. The van der Waals surface area contributed by atoms with Crippen molar-refractivity contribution < 1.29 is 18.7 Å². The zero-order chi connectivity index (χ0) is 18.0. The molecule has 0 unspecified atom stereocenters. The van der Waals surface area contributed by atoms with E-state index in [-0.39, 0.29) is 11.9 Å². The van der Waals surface area contributed by atoms with E-state index in [0.29, 0.717) is 22.6 Å². The fraction of sp³-hybridized carbons (Fsp3) is 0.200. The number of esters is 1. The second-order valence-electron chi connectivity index (χ2n) is 5.95. The minimum absolute atomic E-state index is 0.236. The van der Waals surface area contributed by atoms with E-state index < -0.39 is 5.63 Å². The highest BCUT2D eigenvalue weighted by atomic mass is 16.5. The summed E-state index contributed by atoms with van der Waals surface area (Å²) in [5.41, 5.74) is 1.12. The van der Waals surface area contributed by atoms with Crippen molar-refractivity contribution >= 4 is 16.9 Å². The van der Waals surface area contributed by atoms with Crippen molar-refractivity contribution in [3.63, 3.8) is 0 Å². The molecule has 128 valence electrons. The third kappa shape index (κ3) is 3.55. The number of carbonyl (C=O) groups excluding carboxylic acids is 1. The van der Waals surface area contributed by atoms with Crippen molar-refractivity contribution in [2.24, 2.45) is 5.92 Å². The van der Waals surface area contributed by atoms with Gasteiger partial charge in [0, 0.05) is 11.5 Å². The van der Waals surface area contributed by atoms with Gasteiger partial charge in [0.05, 0.1) is 18.6 Å². The van der Waals surface area contributed by atoms with Crippen LogP contribution in [0.25, 0.3) is 22.1 Å².